The molecule has 0 fully saturated rings. The van der Waals surface area contributed by atoms with Gasteiger partial charge in [-0.1, -0.05) is 11.2 Å². The number of phenols is 1. The molecule has 0 radical (unpaired) electrons. The van der Waals surface area contributed by atoms with E-state index < -0.39 is 0 Å². The van der Waals surface area contributed by atoms with Crippen LogP contribution in [-0.2, 0) is 14.4 Å². The van der Waals surface area contributed by atoms with E-state index in [9.17, 15) is 5.11 Å². The maximum atomic E-state index is 10.0. The Morgan fingerprint density at radius 3 is 3.06 bits per heavy atom. The van der Waals surface area contributed by atoms with E-state index in [0.717, 1.165) is 0 Å². The van der Waals surface area contributed by atoms with Crippen LogP contribution in [0.5, 0.6) is 5.75 Å². The van der Waals surface area contributed by atoms with E-state index in [1.54, 1.807) is 18.2 Å². The summed E-state index contributed by atoms with van der Waals surface area (Å²) in [6, 6.07) is 5.14. The van der Waals surface area contributed by atoms with E-state index in [1.165, 1.54) is 13.3 Å². The molecule has 0 saturated heterocycles. The molecule has 17 heavy (non-hydrogen) atoms. The molecule has 0 saturated carbocycles. The third kappa shape index (κ3) is 2.47. The van der Waals surface area contributed by atoms with Crippen molar-refractivity contribution in [2.45, 2.75) is 0 Å². The second kappa shape index (κ2) is 5.20. The summed E-state index contributed by atoms with van der Waals surface area (Å²) in [5.41, 5.74) is 0.978. The Labute approximate surface area is 98.1 Å². The summed E-state index contributed by atoms with van der Waals surface area (Å²) in [6.45, 7) is 0.823. The molecule has 0 unspecified atom stereocenters. The fourth-order valence-corrected chi connectivity index (χ4v) is 1.38. The molecule has 1 aliphatic heterocycles. The van der Waals surface area contributed by atoms with Crippen LogP contribution >= 0.6 is 0 Å². The van der Waals surface area contributed by atoms with Gasteiger partial charge in [-0.15, -0.1) is 0 Å². The third-order valence-corrected chi connectivity index (χ3v) is 2.16. The summed E-state index contributed by atoms with van der Waals surface area (Å²) in [5.74, 6) is 0.291. The lowest BCUT2D eigenvalue weighted by molar-refractivity contribution is 0.0653. The quantitative estimate of drug-likeness (QED) is 0.629. The molecule has 90 valence electrons. The molecule has 1 N–H and O–H groups in total. The summed E-state index contributed by atoms with van der Waals surface area (Å²) in [7, 11) is 1.43. The van der Waals surface area contributed by atoms with Crippen molar-refractivity contribution >= 4 is 12.1 Å². The Morgan fingerprint density at radius 1 is 1.47 bits per heavy atom. The molecule has 1 aliphatic rings. The topological polar surface area (TPSA) is 72.6 Å². The Hall–Kier alpha value is -2.24. The minimum Gasteiger partial charge on any atom is -0.506 e. The molecule has 2 rings (SSSR count). The summed E-state index contributed by atoms with van der Waals surface area (Å²) in [5, 5.41) is 17.3. The van der Waals surface area contributed by atoms with Crippen molar-refractivity contribution in [3.63, 3.8) is 0 Å². The number of nitrogens with zero attached hydrogens (tertiary/aromatic N) is 2. The summed E-state index contributed by atoms with van der Waals surface area (Å²) < 4.78 is 5.29. The molecule has 6 nitrogen and oxygen atoms in total. The molecule has 1 heterocycles. The van der Waals surface area contributed by atoms with Gasteiger partial charge >= 0.3 is 0 Å². The van der Waals surface area contributed by atoms with E-state index in [1.807, 2.05) is 0 Å². The zero-order valence-corrected chi connectivity index (χ0v) is 9.29. The van der Waals surface area contributed by atoms with Gasteiger partial charge in [0.25, 0.3) is 5.90 Å². The highest BCUT2D eigenvalue weighted by atomic mass is 16.7. The first-order valence-corrected chi connectivity index (χ1v) is 5.04. The first kappa shape index (κ1) is 11.3. The predicted molar refractivity (Wildman–Crippen MR) is 61.2 cm³/mol. The standard InChI is InChI=1S/C11H12N2O4/c1-15-12-7-8-3-2-4-9(10(8)14)11-13-17-6-5-16-11/h2-4,7,14H,5-6H2,1H3. The first-order valence-electron chi connectivity index (χ1n) is 5.04. The van der Waals surface area contributed by atoms with Crippen molar-refractivity contribution in [1.29, 1.82) is 0 Å². The van der Waals surface area contributed by atoms with E-state index in [-0.39, 0.29) is 11.6 Å². The average Bonchev–Trinajstić information content (AvgIpc) is 2.39. The fourth-order valence-electron chi connectivity index (χ4n) is 1.38. The van der Waals surface area contributed by atoms with Crippen LogP contribution < -0.4 is 0 Å². The molecule has 0 bridgehead atoms. The molecule has 1 aromatic rings. The maximum Gasteiger partial charge on any atom is 0.261 e. The SMILES string of the molecule is CON=Cc1cccc(C2=NOCCO2)c1O. The number of hydrogen-bond acceptors (Lipinski definition) is 6. The van der Waals surface area contributed by atoms with Crippen LogP contribution in [0.3, 0.4) is 0 Å². The minimum absolute atomic E-state index is 0.0255. The van der Waals surface area contributed by atoms with Gasteiger partial charge in [-0.2, -0.15) is 0 Å². The lowest BCUT2D eigenvalue weighted by Crippen LogP contribution is -2.17. The van der Waals surface area contributed by atoms with Crippen molar-refractivity contribution in [2.24, 2.45) is 10.3 Å². The van der Waals surface area contributed by atoms with Gasteiger partial charge < -0.3 is 19.5 Å². The molecule has 6 heteroatoms. The monoisotopic (exact) mass is 236 g/mol. The fraction of sp³-hybridized carbons (Fsp3) is 0.273. The van der Waals surface area contributed by atoms with Crippen LogP contribution in [0.2, 0.25) is 0 Å². The molecule has 0 amide bonds. The number of oxime groups is 2. The van der Waals surface area contributed by atoms with Gasteiger partial charge in [0.1, 0.15) is 19.5 Å². The van der Waals surface area contributed by atoms with Crippen LogP contribution in [-0.4, -0.2) is 37.5 Å². The van der Waals surface area contributed by atoms with E-state index in [0.29, 0.717) is 24.3 Å². The lowest BCUT2D eigenvalue weighted by atomic mass is 10.1. The van der Waals surface area contributed by atoms with Gasteiger partial charge in [0.2, 0.25) is 0 Å². The summed E-state index contributed by atoms with van der Waals surface area (Å²) in [4.78, 5) is 9.46. The smallest absolute Gasteiger partial charge is 0.261 e. The van der Waals surface area contributed by atoms with Gasteiger partial charge in [-0.25, -0.2) is 0 Å². The Morgan fingerprint density at radius 2 is 2.35 bits per heavy atom. The predicted octanol–water partition coefficient (Wildman–Crippen LogP) is 1.08. The zero-order chi connectivity index (χ0) is 12.1. The van der Waals surface area contributed by atoms with E-state index in [4.69, 9.17) is 9.57 Å². The zero-order valence-electron chi connectivity index (χ0n) is 9.29. The van der Waals surface area contributed by atoms with Gasteiger partial charge in [0.05, 0.1) is 11.8 Å². The van der Waals surface area contributed by atoms with E-state index >= 15 is 0 Å². The highest BCUT2D eigenvalue weighted by molar-refractivity contribution is 5.99. The molecule has 0 atom stereocenters. The van der Waals surface area contributed by atoms with Crippen molar-refractivity contribution in [3.8, 4) is 5.75 Å². The summed E-state index contributed by atoms with van der Waals surface area (Å²) in [6.07, 6.45) is 1.41. The van der Waals surface area contributed by atoms with Gasteiger partial charge in [0.15, 0.2) is 6.61 Å². The Kier molecular flexibility index (Phi) is 3.44. The largest absolute Gasteiger partial charge is 0.506 e. The Bertz CT molecular complexity index is 457. The number of benzene rings is 1. The first-order chi connectivity index (χ1) is 8.33. The lowest BCUT2D eigenvalue weighted by Gasteiger charge is -2.14. The number of phenolic OH excluding ortho intramolecular Hbond substituents is 1. The highest BCUT2D eigenvalue weighted by Gasteiger charge is 2.16. The number of ether oxygens (including phenoxy) is 1. The molecule has 1 aromatic carbocycles. The van der Waals surface area contributed by atoms with Gasteiger partial charge in [-0.05, 0) is 17.3 Å². The number of para-hydroxylation sites is 1. The number of rotatable bonds is 3. The van der Waals surface area contributed by atoms with Crippen molar-refractivity contribution in [3.05, 3.63) is 29.3 Å². The van der Waals surface area contributed by atoms with Crippen LogP contribution in [0.25, 0.3) is 0 Å². The van der Waals surface area contributed by atoms with Gasteiger partial charge in [-0.3, -0.25) is 0 Å². The molecule has 0 aromatic heterocycles. The van der Waals surface area contributed by atoms with Crippen molar-refractivity contribution < 1.29 is 19.5 Å². The second-order valence-electron chi connectivity index (χ2n) is 3.24. The third-order valence-electron chi connectivity index (χ3n) is 2.16. The van der Waals surface area contributed by atoms with Crippen LogP contribution in [0.4, 0.5) is 0 Å². The Balaban J connectivity index is 2.34. The number of hydrogen-bond donors (Lipinski definition) is 1. The summed E-state index contributed by atoms with van der Waals surface area (Å²) >= 11 is 0. The van der Waals surface area contributed by atoms with Crippen LogP contribution in [0.1, 0.15) is 11.1 Å². The minimum atomic E-state index is 0.0255. The average molecular weight is 236 g/mol. The molecule has 0 aliphatic carbocycles. The van der Waals surface area contributed by atoms with Crippen LogP contribution in [0, 0.1) is 0 Å². The molecular formula is C11H12N2O4. The maximum absolute atomic E-state index is 10.0. The van der Waals surface area contributed by atoms with Crippen molar-refractivity contribution in [2.75, 3.05) is 20.3 Å². The number of aromatic hydroxyl groups is 1. The van der Waals surface area contributed by atoms with Crippen molar-refractivity contribution in [1.82, 2.24) is 0 Å². The van der Waals surface area contributed by atoms with Crippen LogP contribution in [0.15, 0.2) is 28.5 Å². The second-order valence-corrected chi connectivity index (χ2v) is 3.24. The molecule has 0 spiro atoms. The van der Waals surface area contributed by atoms with E-state index in [2.05, 4.69) is 15.1 Å². The highest BCUT2D eigenvalue weighted by Crippen LogP contribution is 2.23. The molecular weight excluding hydrogens is 224 g/mol. The van der Waals surface area contributed by atoms with Gasteiger partial charge in [0, 0.05) is 5.56 Å². The normalized spacial score (nSPS) is 15.0.